The zero-order valence-corrected chi connectivity index (χ0v) is 9.32. The zero-order chi connectivity index (χ0) is 10.5. The molecule has 1 saturated heterocycles. The van der Waals surface area contributed by atoms with Crippen LogP contribution in [-0.2, 0) is 6.54 Å². The lowest BCUT2D eigenvalue weighted by Crippen LogP contribution is -2.43. The molecule has 0 unspecified atom stereocenters. The summed E-state index contributed by atoms with van der Waals surface area (Å²) in [5, 5.41) is 3.36. The Morgan fingerprint density at radius 3 is 3.20 bits per heavy atom. The molecule has 3 heteroatoms. The Bertz CT molecular complexity index is 286. The first-order valence-electron chi connectivity index (χ1n) is 5.68. The first kappa shape index (κ1) is 10.6. The van der Waals surface area contributed by atoms with E-state index in [1.54, 1.807) is 0 Å². The second-order valence-electron chi connectivity index (χ2n) is 4.18. The molecule has 0 spiro atoms. The highest BCUT2D eigenvalue weighted by molar-refractivity contribution is 5.03. The van der Waals surface area contributed by atoms with Crippen LogP contribution in [0, 0.1) is 0 Å². The van der Waals surface area contributed by atoms with Gasteiger partial charge in [-0.1, -0.05) is 6.07 Å². The van der Waals surface area contributed by atoms with Crippen LogP contribution < -0.4 is 5.32 Å². The van der Waals surface area contributed by atoms with Gasteiger partial charge in [-0.05, 0) is 38.6 Å². The number of pyridine rings is 1. The summed E-state index contributed by atoms with van der Waals surface area (Å²) in [6, 6.07) is 6.78. The monoisotopic (exact) mass is 205 g/mol. The maximum atomic E-state index is 4.36. The smallest absolute Gasteiger partial charge is 0.0543 e. The highest BCUT2D eigenvalue weighted by atomic mass is 15.2. The molecular formula is C12H19N3. The van der Waals surface area contributed by atoms with Crippen molar-refractivity contribution >= 4 is 0 Å². The van der Waals surface area contributed by atoms with E-state index in [-0.39, 0.29) is 0 Å². The van der Waals surface area contributed by atoms with Gasteiger partial charge < -0.3 is 5.32 Å². The molecule has 1 N–H and O–H groups in total. The van der Waals surface area contributed by atoms with Crippen molar-refractivity contribution < 1.29 is 0 Å². The SMILES string of the molecule is CN[C@@H]1CCCN(Cc2ccccn2)C1. The number of likely N-dealkylation sites (tertiary alicyclic amines) is 1. The Morgan fingerprint density at radius 1 is 1.53 bits per heavy atom. The molecule has 2 rings (SSSR count). The van der Waals surface area contributed by atoms with E-state index in [4.69, 9.17) is 0 Å². The van der Waals surface area contributed by atoms with Crippen LogP contribution in [0.1, 0.15) is 18.5 Å². The van der Waals surface area contributed by atoms with Gasteiger partial charge in [0.25, 0.3) is 0 Å². The number of nitrogens with one attached hydrogen (secondary N) is 1. The molecule has 0 bridgehead atoms. The van der Waals surface area contributed by atoms with Gasteiger partial charge in [0.05, 0.1) is 5.69 Å². The first-order chi connectivity index (χ1) is 7.38. The van der Waals surface area contributed by atoms with Gasteiger partial charge in [-0.25, -0.2) is 0 Å². The molecule has 3 nitrogen and oxygen atoms in total. The Labute approximate surface area is 91.5 Å². The molecule has 0 aliphatic carbocycles. The molecule has 1 aliphatic heterocycles. The van der Waals surface area contributed by atoms with Gasteiger partial charge in [0.15, 0.2) is 0 Å². The third kappa shape index (κ3) is 3.01. The number of hydrogen-bond donors (Lipinski definition) is 1. The number of hydrogen-bond acceptors (Lipinski definition) is 3. The molecule has 0 radical (unpaired) electrons. The minimum atomic E-state index is 0.655. The molecule has 0 saturated carbocycles. The van der Waals surface area contributed by atoms with E-state index in [1.165, 1.54) is 25.1 Å². The van der Waals surface area contributed by atoms with E-state index in [9.17, 15) is 0 Å². The average molecular weight is 205 g/mol. The molecule has 2 heterocycles. The van der Waals surface area contributed by atoms with E-state index in [0.717, 1.165) is 13.1 Å². The van der Waals surface area contributed by atoms with Crippen LogP contribution in [0.3, 0.4) is 0 Å². The van der Waals surface area contributed by atoms with Crippen molar-refractivity contribution in [2.75, 3.05) is 20.1 Å². The van der Waals surface area contributed by atoms with Gasteiger partial charge in [0.2, 0.25) is 0 Å². The van der Waals surface area contributed by atoms with Crippen molar-refractivity contribution in [2.24, 2.45) is 0 Å². The van der Waals surface area contributed by atoms with Crippen molar-refractivity contribution in [3.8, 4) is 0 Å². The lowest BCUT2D eigenvalue weighted by atomic mass is 10.1. The van der Waals surface area contributed by atoms with E-state index < -0.39 is 0 Å². The van der Waals surface area contributed by atoms with Crippen LogP contribution in [0.15, 0.2) is 24.4 Å². The highest BCUT2D eigenvalue weighted by Crippen LogP contribution is 2.12. The van der Waals surface area contributed by atoms with Crippen molar-refractivity contribution in [1.82, 2.24) is 15.2 Å². The standard InChI is InChI=1S/C12H19N3/c1-13-11-6-4-8-15(9-11)10-12-5-2-3-7-14-12/h2-3,5,7,11,13H,4,6,8-10H2,1H3/t11-/m1/s1. The Kier molecular flexibility index (Phi) is 3.69. The summed E-state index contributed by atoms with van der Waals surface area (Å²) in [6.45, 7) is 3.33. The minimum Gasteiger partial charge on any atom is -0.316 e. The fourth-order valence-electron chi connectivity index (χ4n) is 2.16. The summed E-state index contributed by atoms with van der Waals surface area (Å²) in [5.74, 6) is 0. The minimum absolute atomic E-state index is 0.655. The summed E-state index contributed by atoms with van der Waals surface area (Å²) in [6.07, 6.45) is 4.46. The van der Waals surface area contributed by atoms with Crippen LogP contribution in [0.25, 0.3) is 0 Å². The third-order valence-electron chi connectivity index (χ3n) is 3.03. The summed E-state index contributed by atoms with van der Waals surface area (Å²) < 4.78 is 0. The zero-order valence-electron chi connectivity index (χ0n) is 9.32. The van der Waals surface area contributed by atoms with Gasteiger partial charge in [-0.3, -0.25) is 9.88 Å². The number of aromatic nitrogens is 1. The van der Waals surface area contributed by atoms with Gasteiger partial charge >= 0.3 is 0 Å². The van der Waals surface area contributed by atoms with E-state index in [0.29, 0.717) is 6.04 Å². The fourth-order valence-corrected chi connectivity index (χ4v) is 2.16. The normalized spacial score (nSPS) is 22.9. The quantitative estimate of drug-likeness (QED) is 0.805. The molecule has 1 aromatic heterocycles. The predicted molar refractivity (Wildman–Crippen MR) is 61.6 cm³/mol. The first-order valence-corrected chi connectivity index (χ1v) is 5.68. The van der Waals surface area contributed by atoms with Gasteiger partial charge in [-0.15, -0.1) is 0 Å². The molecule has 15 heavy (non-hydrogen) atoms. The molecule has 0 amide bonds. The van der Waals surface area contributed by atoms with Crippen LogP contribution in [0.4, 0.5) is 0 Å². The summed E-state index contributed by atoms with van der Waals surface area (Å²) >= 11 is 0. The maximum absolute atomic E-state index is 4.36. The van der Waals surface area contributed by atoms with E-state index in [1.807, 2.05) is 12.3 Å². The molecular weight excluding hydrogens is 186 g/mol. The van der Waals surface area contributed by atoms with Gasteiger partial charge in [0, 0.05) is 25.3 Å². The Balaban J connectivity index is 1.89. The van der Waals surface area contributed by atoms with Crippen LogP contribution in [-0.4, -0.2) is 36.1 Å². The van der Waals surface area contributed by atoms with Crippen LogP contribution >= 0.6 is 0 Å². The number of piperidine rings is 1. The summed E-state index contributed by atoms with van der Waals surface area (Å²) in [7, 11) is 2.05. The molecule has 1 aromatic rings. The summed E-state index contributed by atoms with van der Waals surface area (Å²) in [4.78, 5) is 6.84. The maximum Gasteiger partial charge on any atom is 0.0543 e. The van der Waals surface area contributed by atoms with Crippen molar-refractivity contribution in [2.45, 2.75) is 25.4 Å². The molecule has 1 fully saturated rings. The lowest BCUT2D eigenvalue weighted by Gasteiger charge is -2.32. The van der Waals surface area contributed by atoms with E-state index in [2.05, 4.69) is 34.4 Å². The summed E-state index contributed by atoms with van der Waals surface area (Å²) in [5.41, 5.74) is 1.18. The van der Waals surface area contributed by atoms with Gasteiger partial charge in [0.1, 0.15) is 0 Å². The average Bonchev–Trinajstić information content (AvgIpc) is 2.31. The van der Waals surface area contributed by atoms with E-state index >= 15 is 0 Å². The van der Waals surface area contributed by atoms with Crippen molar-refractivity contribution in [3.05, 3.63) is 30.1 Å². The predicted octanol–water partition coefficient (Wildman–Crippen LogP) is 1.27. The fraction of sp³-hybridized carbons (Fsp3) is 0.583. The Morgan fingerprint density at radius 2 is 2.47 bits per heavy atom. The third-order valence-corrected chi connectivity index (χ3v) is 3.03. The Hall–Kier alpha value is -0.930. The lowest BCUT2D eigenvalue weighted by molar-refractivity contribution is 0.186. The number of likely N-dealkylation sites (N-methyl/N-ethyl adjacent to an activating group) is 1. The highest BCUT2D eigenvalue weighted by Gasteiger charge is 2.18. The largest absolute Gasteiger partial charge is 0.316 e. The molecule has 82 valence electrons. The topological polar surface area (TPSA) is 28.2 Å². The molecule has 0 aromatic carbocycles. The van der Waals surface area contributed by atoms with Crippen LogP contribution in [0.5, 0.6) is 0 Å². The van der Waals surface area contributed by atoms with Crippen molar-refractivity contribution in [1.29, 1.82) is 0 Å². The second kappa shape index (κ2) is 5.24. The van der Waals surface area contributed by atoms with Crippen LogP contribution in [0.2, 0.25) is 0 Å². The number of rotatable bonds is 3. The second-order valence-corrected chi connectivity index (χ2v) is 4.18. The van der Waals surface area contributed by atoms with Gasteiger partial charge in [-0.2, -0.15) is 0 Å². The molecule has 1 atom stereocenters. The molecule has 1 aliphatic rings. The number of nitrogens with zero attached hydrogens (tertiary/aromatic N) is 2. The van der Waals surface area contributed by atoms with Crippen molar-refractivity contribution in [3.63, 3.8) is 0 Å².